The van der Waals surface area contributed by atoms with Gasteiger partial charge in [-0.2, -0.15) is 0 Å². The first kappa shape index (κ1) is 27.6. The number of hydrogen-bond acceptors (Lipinski definition) is 6. The number of thioether (sulfide) groups is 1. The summed E-state index contributed by atoms with van der Waals surface area (Å²) in [5.41, 5.74) is 2.56. The molecule has 1 saturated heterocycles. The maximum absolute atomic E-state index is 12.2. The second-order valence-corrected chi connectivity index (χ2v) is 8.35. The normalized spacial score (nSPS) is 13.0. The standard InChI is InChI=1S/C22H21NO4S2.2Li.2H/c1-4-5-19-15(6-11-18(13(2)24)20(19)25)12-27-17-9-7-16(8-10-17)23-21(26)14(3)29-22(23)28;;;;/h6-11,25H,3-5,12H2,1-2H3;;;;/q;2*+1;2*-1. The maximum Gasteiger partial charge on any atom is 1.00 e. The van der Waals surface area contributed by atoms with Crippen LogP contribution in [0.3, 0.4) is 0 Å². The zero-order valence-electron chi connectivity index (χ0n) is 20.2. The molecular weight excluding hydrogens is 420 g/mol. The second kappa shape index (κ2) is 12.0. The van der Waals surface area contributed by atoms with Crippen molar-refractivity contribution >= 4 is 45.7 Å². The molecule has 0 unspecified atom stereocenters. The quantitative estimate of drug-likeness (QED) is 0.263. The number of phenols is 1. The molecule has 3 rings (SSSR count). The Balaban J connectivity index is 0. The Morgan fingerprint density at radius 2 is 1.87 bits per heavy atom. The smallest absolute Gasteiger partial charge is 1.00 e. The van der Waals surface area contributed by atoms with Gasteiger partial charge in [0.15, 0.2) is 10.1 Å². The summed E-state index contributed by atoms with van der Waals surface area (Å²) < 4.78 is 6.33. The van der Waals surface area contributed by atoms with Crippen LogP contribution in [0, 0.1) is 0 Å². The van der Waals surface area contributed by atoms with Gasteiger partial charge in [-0.1, -0.05) is 50.0 Å². The van der Waals surface area contributed by atoms with Gasteiger partial charge < -0.3 is 12.7 Å². The van der Waals surface area contributed by atoms with Crippen LogP contribution in [-0.2, 0) is 17.8 Å². The molecule has 1 fully saturated rings. The number of carbonyl (C=O) groups is 2. The van der Waals surface area contributed by atoms with Crippen molar-refractivity contribution in [3.63, 3.8) is 0 Å². The number of Topliss-reactive ketones (excluding diaryl/α,β-unsaturated/α-hetero) is 1. The zero-order chi connectivity index (χ0) is 21.1. The minimum Gasteiger partial charge on any atom is -1.00 e. The van der Waals surface area contributed by atoms with Crippen LogP contribution in [-0.4, -0.2) is 21.1 Å². The summed E-state index contributed by atoms with van der Waals surface area (Å²) in [4.78, 5) is 25.7. The van der Waals surface area contributed by atoms with Gasteiger partial charge in [0.05, 0.1) is 16.2 Å². The number of amides is 1. The number of rotatable bonds is 7. The topological polar surface area (TPSA) is 66.8 Å². The number of thiocarbonyl (C=S) groups is 1. The molecule has 1 aliphatic heterocycles. The molecule has 0 bridgehead atoms. The van der Waals surface area contributed by atoms with E-state index in [0.717, 1.165) is 17.5 Å². The third-order valence-electron chi connectivity index (χ3n) is 4.58. The van der Waals surface area contributed by atoms with Gasteiger partial charge in [-0.05, 0) is 49.2 Å². The van der Waals surface area contributed by atoms with Gasteiger partial charge >= 0.3 is 37.7 Å². The van der Waals surface area contributed by atoms with E-state index >= 15 is 0 Å². The summed E-state index contributed by atoms with van der Waals surface area (Å²) in [6, 6.07) is 10.5. The second-order valence-electron chi connectivity index (χ2n) is 6.62. The van der Waals surface area contributed by atoms with E-state index in [1.807, 2.05) is 13.0 Å². The molecule has 0 spiro atoms. The number of carbonyl (C=O) groups excluding carboxylic acids is 2. The molecule has 0 aliphatic carbocycles. The van der Waals surface area contributed by atoms with Crippen molar-refractivity contribution in [2.24, 2.45) is 0 Å². The Labute approximate surface area is 218 Å². The van der Waals surface area contributed by atoms with Crippen molar-refractivity contribution < 1.29 is 60.0 Å². The molecule has 5 nitrogen and oxygen atoms in total. The van der Waals surface area contributed by atoms with E-state index in [9.17, 15) is 14.7 Å². The van der Waals surface area contributed by atoms with Gasteiger partial charge in [0.25, 0.3) is 5.91 Å². The van der Waals surface area contributed by atoms with Crippen LogP contribution in [0.15, 0.2) is 47.9 Å². The van der Waals surface area contributed by atoms with Crippen molar-refractivity contribution in [1.82, 2.24) is 0 Å². The number of anilines is 1. The predicted octanol–water partition coefficient (Wildman–Crippen LogP) is -0.762. The summed E-state index contributed by atoms with van der Waals surface area (Å²) in [5.74, 6) is 0.280. The average molecular weight is 443 g/mol. The molecule has 0 aromatic heterocycles. The number of ketones is 1. The minimum absolute atomic E-state index is 0. The van der Waals surface area contributed by atoms with Crippen LogP contribution in [0.1, 0.15) is 44.6 Å². The maximum atomic E-state index is 12.2. The van der Waals surface area contributed by atoms with Gasteiger partial charge in [-0.3, -0.25) is 14.5 Å². The Bertz CT molecular complexity index is 1020. The van der Waals surface area contributed by atoms with E-state index in [1.54, 1.807) is 30.3 Å². The third kappa shape index (κ3) is 6.08. The fraction of sp³-hybridized carbons (Fsp3) is 0.227. The molecule has 9 heteroatoms. The summed E-state index contributed by atoms with van der Waals surface area (Å²) in [5, 5.41) is 10.5. The van der Waals surface area contributed by atoms with Gasteiger partial charge in [-0.25, -0.2) is 0 Å². The summed E-state index contributed by atoms with van der Waals surface area (Å²) in [7, 11) is 0. The molecular formula is C22H23Li2NO4S2. The molecule has 1 amide bonds. The molecule has 2 aromatic rings. The van der Waals surface area contributed by atoms with Crippen molar-refractivity contribution in [2.75, 3.05) is 4.90 Å². The van der Waals surface area contributed by atoms with E-state index in [2.05, 4.69) is 6.58 Å². The summed E-state index contributed by atoms with van der Waals surface area (Å²) >= 11 is 6.42. The van der Waals surface area contributed by atoms with Crippen LogP contribution >= 0.6 is 24.0 Å². The van der Waals surface area contributed by atoms with Crippen LogP contribution in [0.5, 0.6) is 11.5 Å². The van der Waals surface area contributed by atoms with Gasteiger partial charge in [-0.15, -0.1) is 0 Å². The van der Waals surface area contributed by atoms with Crippen molar-refractivity contribution in [1.29, 1.82) is 0 Å². The zero-order valence-corrected chi connectivity index (χ0v) is 19.9. The largest absolute Gasteiger partial charge is 1.00 e. The number of nitrogens with zero attached hydrogens (tertiary/aromatic N) is 1. The molecule has 1 aliphatic rings. The summed E-state index contributed by atoms with van der Waals surface area (Å²) in [6.45, 7) is 7.42. The monoisotopic (exact) mass is 443 g/mol. The van der Waals surface area contributed by atoms with Crippen LogP contribution in [0.2, 0.25) is 0 Å². The molecule has 0 saturated carbocycles. The van der Waals surface area contributed by atoms with Crippen LogP contribution in [0.4, 0.5) is 5.69 Å². The van der Waals surface area contributed by atoms with Gasteiger partial charge in [0.2, 0.25) is 0 Å². The first-order chi connectivity index (χ1) is 13.8. The van der Waals surface area contributed by atoms with E-state index in [-0.39, 0.29) is 64.6 Å². The Kier molecular flexibility index (Phi) is 10.7. The molecule has 1 N–H and O–H groups in total. The fourth-order valence-corrected chi connectivity index (χ4v) is 4.26. The average Bonchev–Trinajstić information content (AvgIpc) is 2.94. The van der Waals surface area contributed by atoms with Gasteiger partial charge in [0.1, 0.15) is 18.1 Å². The SMILES string of the molecule is C=C1SC(=S)N(c2ccc(OCc3ccc(C(C)=O)c(O)c3CCC)cc2)C1=O.[H-].[H-].[Li+].[Li+]. The van der Waals surface area contributed by atoms with E-state index in [1.165, 1.54) is 23.6 Å². The molecule has 154 valence electrons. The number of aromatic hydroxyl groups is 1. The summed E-state index contributed by atoms with van der Waals surface area (Å²) in [6.07, 6.45) is 1.49. The van der Waals surface area contributed by atoms with Crippen molar-refractivity contribution in [3.8, 4) is 11.5 Å². The minimum atomic E-state index is -0.209. The van der Waals surface area contributed by atoms with E-state index in [0.29, 0.717) is 32.6 Å². The Morgan fingerprint density at radius 3 is 2.39 bits per heavy atom. The molecule has 1 heterocycles. The van der Waals surface area contributed by atoms with Crippen molar-refractivity contribution in [3.05, 3.63) is 64.6 Å². The Morgan fingerprint density at radius 1 is 1.23 bits per heavy atom. The van der Waals surface area contributed by atoms with E-state index < -0.39 is 0 Å². The number of hydrogen-bond donors (Lipinski definition) is 1. The van der Waals surface area contributed by atoms with E-state index in [4.69, 9.17) is 17.0 Å². The first-order valence-electron chi connectivity index (χ1n) is 9.16. The molecule has 0 atom stereocenters. The third-order valence-corrected chi connectivity index (χ3v) is 5.79. The van der Waals surface area contributed by atoms with Crippen molar-refractivity contribution in [2.45, 2.75) is 33.3 Å². The molecule has 31 heavy (non-hydrogen) atoms. The van der Waals surface area contributed by atoms with Gasteiger partial charge in [0, 0.05) is 5.56 Å². The van der Waals surface area contributed by atoms with Crippen LogP contribution < -0.4 is 47.4 Å². The Hall–Kier alpha value is -1.45. The predicted molar refractivity (Wildman–Crippen MR) is 122 cm³/mol. The first-order valence-corrected chi connectivity index (χ1v) is 10.4. The fourth-order valence-electron chi connectivity index (χ4n) is 3.10. The number of phenolic OH excluding ortho intramolecular Hbond substituents is 1. The number of ether oxygens (including phenoxy) is 1. The molecule has 0 radical (unpaired) electrons. The number of benzene rings is 2. The van der Waals surface area contributed by atoms with Crippen LogP contribution in [0.25, 0.3) is 0 Å². The molecule has 2 aromatic carbocycles.